The summed E-state index contributed by atoms with van der Waals surface area (Å²) in [5.41, 5.74) is 9.57. The molecule has 0 amide bonds. The van der Waals surface area contributed by atoms with E-state index in [2.05, 4.69) is 0 Å². The van der Waals surface area contributed by atoms with Crippen LogP contribution in [0.15, 0.2) is 71.1 Å². The molecule has 0 aliphatic rings. The van der Waals surface area contributed by atoms with Crippen LogP contribution in [0.25, 0.3) is 21.9 Å². The number of para-hydroxylation sites is 3. The Morgan fingerprint density at radius 1 is 0.773 bits per heavy atom. The van der Waals surface area contributed by atoms with Crippen LogP contribution in [-0.4, -0.2) is 5.11 Å². The van der Waals surface area contributed by atoms with Gasteiger partial charge in [0.15, 0.2) is 0 Å². The maximum Gasteiger partial charge on any atom is 0.140 e. The van der Waals surface area contributed by atoms with E-state index >= 15 is 0 Å². The van der Waals surface area contributed by atoms with Gasteiger partial charge in [-0.25, -0.2) is 0 Å². The Kier molecular flexibility index (Phi) is 2.88. The molecular weight excluding hydrogens is 274 g/mol. The van der Waals surface area contributed by atoms with E-state index in [1.54, 1.807) is 12.1 Å². The molecule has 0 aliphatic carbocycles. The zero-order valence-corrected chi connectivity index (χ0v) is 11.9. The predicted octanol–water partition coefficient (Wildman–Crippen LogP) is 4.34. The molecule has 0 saturated heterocycles. The average Bonchev–Trinajstić information content (AvgIpc) is 2.93. The van der Waals surface area contributed by atoms with Gasteiger partial charge in [-0.05, 0) is 12.1 Å². The summed E-state index contributed by atoms with van der Waals surface area (Å²) in [4.78, 5) is 0. The van der Waals surface area contributed by atoms with Gasteiger partial charge in [0.05, 0.1) is 6.04 Å². The number of phenolic OH excluding ortho intramolecular Hbond substituents is 1. The van der Waals surface area contributed by atoms with Crippen molar-refractivity contribution in [1.29, 1.82) is 0 Å². The number of hydrogen-bond acceptors (Lipinski definition) is 3. The first kappa shape index (κ1) is 12.9. The summed E-state index contributed by atoms with van der Waals surface area (Å²) in [5.74, 6) is 0.197. The number of fused-ring (bicyclic) bond motifs is 3. The fourth-order valence-electron chi connectivity index (χ4n) is 2.93. The molecule has 1 heterocycles. The molecule has 22 heavy (non-hydrogen) atoms. The molecule has 0 spiro atoms. The highest BCUT2D eigenvalue weighted by atomic mass is 16.3. The Bertz CT molecular complexity index is 971. The Labute approximate surface area is 127 Å². The van der Waals surface area contributed by atoms with Crippen LogP contribution >= 0.6 is 0 Å². The number of furan rings is 1. The molecule has 0 aliphatic heterocycles. The molecule has 108 valence electrons. The monoisotopic (exact) mass is 289 g/mol. The fourth-order valence-corrected chi connectivity index (χ4v) is 2.93. The van der Waals surface area contributed by atoms with Gasteiger partial charge >= 0.3 is 0 Å². The van der Waals surface area contributed by atoms with Crippen molar-refractivity contribution >= 4 is 21.9 Å². The second-order valence-electron chi connectivity index (χ2n) is 5.36. The molecule has 3 aromatic carbocycles. The first-order chi connectivity index (χ1) is 10.8. The highest BCUT2D eigenvalue weighted by Crippen LogP contribution is 2.36. The largest absolute Gasteiger partial charge is 0.508 e. The topological polar surface area (TPSA) is 59.4 Å². The molecule has 4 rings (SSSR count). The standard InChI is InChI=1S/C19H15NO2/c20-18(14-7-1-3-10-16(14)21)15-9-5-8-13-12-6-2-4-11-17(12)22-19(13)15/h1-11,18,21H,20H2. The number of benzene rings is 3. The summed E-state index contributed by atoms with van der Waals surface area (Å²) in [6, 6.07) is 20.6. The van der Waals surface area contributed by atoms with Crippen molar-refractivity contribution in [1.82, 2.24) is 0 Å². The van der Waals surface area contributed by atoms with Gasteiger partial charge in [0.25, 0.3) is 0 Å². The summed E-state index contributed by atoms with van der Waals surface area (Å²) in [6.07, 6.45) is 0. The van der Waals surface area contributed by atoms with Gasteiger partial charge in [-0.1, -0.05) is 54.6 Å². The first-order valence-corrected chi connectivity index (χ1v) is 7.19. The Morgan fingerprint density at radius 2 is 1.45 bits per heavy atom. The third-order valence-corrected chi connectivity index (χ3v) is 4.04. The molecule has 1 atom stereocenters. The van der Waals surface area contributed by atoms with E-state index in [0.717, 1.165) is 27.5 Å². The Balaban J connectivity index is 1.97. The zero-order valence-electron chi connectivity index (χ0n) is 11.9. The SMILES string of the molecule is NC(c1ccccc1O)c1cccc2c1oc1ccccc12. The predicted molar refractivity (Wildman–Crippen MR) is 87.9 cm³/mol. The fraction of sp³-hybridized carbons (Fsp3) is 0.0526. The zero-order chi connectivity index (χ0) is 15.1. The van der Waals surface area contributed by atoms with Gasteiger partial charge in [-0.15, -0.1) is 0 Å². The van der Waals surface area contributed by atoms with Gasteiger partial charge in [0, 0.05) is 21.9 Å². The lowest BCUT2D eigenvalue weighted by Gasteiger charge is -2.14. The van der Waals surface area contributed by atoms with Crippen LogP contribution in [0.1, 0.15) is 17.2 Å². The van der Waals surface area contributed by atoms with Crippen molar-refractivity contribution in [3.8, 4) is 5.75 Å². The van der Waals surface area contributed by atoms with Gasteiger partial charge in [-0.3, -0.25) is 0 Å². The minimum absolute atomic E-state index is 0.197. The van der Waals surface area contributed by atoms with Crippen LogP contribution in [0.3, 0.4) is 0 Å². The van der Waals surface area contributed by atoms with Crippen LogP contribution in [0, 0.1) is 0 Å². The quantitative estimate of drug-likeness (QED) is 0.577. The van der Waals surface area contributed by atoms with E-state index in [-0.39, 0.29) is 5.75 Å². The highest BCUT2D eigenvalue weighted by Gasteiger charge is 2.18. The second kappa shape index (κ2) is 4.90. The molecule has 1 aromatic heterocycles. The normalized spacial score (nSPS) is 12.8. The molecule has 3 N–H and O–H groups in total. The third kappa shape index (κ3) is 1.87. The van der Waals surface area contributed by atoms with E-state index in [4.69, 9.17) is 10.2 Å². The van der Waals surface area contributed by atoms with E-state index in [0.29, 0.717) is 5.56 Å². The van der Waals surface area contributed by atoms with Gasteiger partial charge < -0.3 is 15.3 Å². The van der Waals surface area contributed by atoms with Crippen molar-refractivity contribution in [2.24, 2.45) is 5.73 Å². The summed E-state index contributed by atoms with van der Waals surface area (Å²) < 4.78 is 6.00. The van der Waals surface area contributed by atoms with Crippen molar-refractivity contribution in [3.05, 3.63) is 77.9 Å². The molecular formula is C19H15NO2. The number of nitrogens with two attached hydrogens (primary N) is 1. The van der Waals surface area contributed by atoms with Gasteiger partial charge in [0.2, 0.25) is 0 Å². The Morgan fingerprint density at radius 3 is 2.32 bits per heavy atom. The van der Waals surface area contributed by atoms with Crippen LogP contribution in [-0.2, 0) is 0 Å². The lowest BCUT2D eigenvalue weighted by atomic mass is 9.97. The lowest BCUT2D eigenvalue weighted by molar-refractivity contribution is 0.465. The van der Waals surface area contributed by atoms with Crippen LogP contribution in [0.4, 0.5) is 0 Å². The summed E-state index contributed by atoms with van der Waals surface area (Å²) >= 11 is 0. The molecule has 4 aromatic rings. The number of aromatic hydroxyl groups is 1. The Hall–Kier alpha value is -2.78. The molecule has 0 fully saturated rings. The smallest absolute Gasteiger partial charge is 0.140 e. The van der Waals surface area contributed by atoms with E-state index in [1.807, 2.05) is 54.6 Å². The number of rotatable bonds is 2. The van der Waals surface area contributed by atoms with Crippen molar-refractivity contribution < 1.29 is 9.52 Å². The minimum Gasteiger partial charge on any atom is -0.508 e. The molecule has 3 heteroatoms. The van der Waals surface area contributed by atoms with Crippen LogP contribution in [0.2, 0.25) is 0 Å². The van der Waals surface area contributed by atoms with Gasteiger partial charge in [-0.2, -0.15) is 0 Å². The second-order valence-corrected chi connectivity index (χ2v) is 5.36. The molecule has 1 unspecified atom stereocenters. The molecule has 0 radical (unpaired) electrons. The molecule has 0 saturated carbocycles. The van der Waals surface area contributed by atoms with Crippen LogP contribution in [0.5, 0.6) is 5.75 Å². The molecule has 3 nitrogen and oxygen atoms in total. The van der Waals surface area contributed by atoms with Crippen molar-refractivity contribution in [2.45, 2.75) is 6.04 Å². The maximum absolute atomic E-state index is 10.0. The first-order valence-electron chi connectivity index (χ1n) is 7.19. The van der Waals surface area contributed by atoms with Gasteiger partial charge in [0.1, 0.15) is 16.9 Å². The number of phenols is 1. The molecule has 0 bridgehead atoms. The van der Waals surface area contributed by atoms with Crippen molar-refractivity contribution in [3.63, 3.8) is 0 Å². The third-order valence-electron chi connectivity index (χ3n) is 4.04. The maximum atomic E-state index is 10.0. The summed E-state index contributed by atoms with van der Waals surface area (Å²) in [6.45, 7) is 0. The van der Waals surface area contributed by atoms with Crippen LogP contribution < -0.4 is 5.73 Å². The highest BCUT2D eigenvalue weighted by molar-refractivity contribution is 6.06. The number of hydrogen-bond donors (Lipinski definition) is 2. The van der Waals surface area contributed by atoms with E-state index in [9.17, 15) is 5.11 Å². The van der Waals surface area contributed by atoms with E-state index < -0.39 is 6.04 Å². The lowest BCUT2D eigenvalue weighted by Crippen LogP contribution is -2.12. The minimum atomic E-state index is -0.439. The summed E-state index contributed by atoms with van der Waals surface area (Å²) in [5, 5.41) is 12.2. The van der Waals surface area contributed by atoms with E-state index in [1.165, 1.54) is 0 Å². The summed E-state index contributed by atoms with van der Waals surface area (Å²) in [7, 11) is 0. The van der Waals surface area contributed by atoms with Crippen molar-refractivity contribution in [2.75, 3.05) is 0 Å². The average molecular weight is 289 g/mol.